The molecule has 3 aliphatic rings. The largest absolute Gasteiger partial charge is 0.465 e. The lowest BCUT2D eigenvalue weighted by molar-refractivity contribution is -0.143. The van der Waals surface area contributed by atoms with E-state index < -0.39 is 64.6 Å². The molecule has 354 valence electrons. The number of alkyl halides is 6. The van der Waals surface area contributed by atoms with Gasteiger partial charge in [-0.3, -0.25) is 19.7 Å². The van der Waals surface area contributed by atoms with E-state index in [1.807, 2.05) is 12.1 Å². The zero-order valence-corrected chi connectivity index (χ0v) is 36.8. The van der Waals surface area contributed by atoms with Gasteiger partial charge in [0.15, 0.2) is 0 Å². The third kappa shape index (κ3) is 10.7. The lowest BCUT2D eigenvalue weighted by Crippen LogP contribution is -2.50. The summed E-state index contributed by atoms with van der Waals surface area (Å²) in [6, 6.07) is 17.3. The average molecular weight is 948 g/mol. The van der Waals surface area contributed by atoms with Crippen molar-refractivity contribution in [1.82, 2.24) is 19.6 Å². The van der Waals surface area contributed by atoms with Gasteiger partial charge in [-0.15, -0.1) is 11.3 Å². The minimum atomic E-state index is -5.14. The number of nitrogens with zero attached hydrogens (tertiary/aromatic N) is 4. The lowest BCUT2D eigenvalue weighted by Gasteiger charge is -2.44. The number of likely N-dealkylation sites (tertiary alicyclic amines) is 1. The predicted molar refractivity (Wildman–Crippen MR) is 229 cm³/mol. The number of carboxylic acid groups (broad SMARTS) is 1. The zero-order chi connectivity index (χ0) is 47.6. The number of likely N-dealkylation sites (N-methyl/N-ethyl adjacent to an activating group) is 1. The van der Waals surface area contributed by atoms with E-state index in [1.54, 1.807) is 25.1 Å². The van der Waals surface area contributed by atoms with Gasteiger partial charge < -0.3 is 34.2 Å². The smallest absolute Gasteiger partial charge is 0.416 e. The average Bonchev–Trinajstić information content (AvgIpc) is 4.01. The summed E-state index contributed by atoms with van der Waals surface area (Å²) in [5, 5.41) is 11.5. The van der Waals surface area contributed by atoms with Crippen LogP contribution in [0.2, 0.25) is 0 Å². The fraction of sp³-hybridized carbons (Fsp3) is 0.435. The number of amides is 4. The second-order valence-corrected chi connectivity index (χ2v) is 18.1. The van der Waals surface area contributed by atoms with Crippen molar-refractivity contribution in [3.63, 3.8) is 0 Å². The van der Waals surface area contributed by atoms with Gasteiger partial charge in [0.2, 0.25) is 5.91 Å². The molecule has 66 heavy (non-hydrogen) atoms. The number of hydrogen-bond acceptors (Lipinski definition) is 8. The normalized spacial score (nSPS) is 19.5. The van der Waals surface area contributed by atoms with Crippen LogP contribution in [0.5, 0.6) is 0 Å². The van der Waals surface area contributed by atoms with Gasteiger partial charge in [-0.25, -0.2) is 9.18 Å². The molecule has 4 aromatic rings. The molecule has 3 aromatic carbocycles. The minimum Gasteiger partial charge on any atom is -0.465 e. The van der Waals surface area contributed by atoms with Gasteiger partial charge in [0.25, 0.3) is 11.8 Å². The van der Waals surface area contributed by atoms with Crippen molar-refractivity contribution in [3.8, 4) is 0 Å². The molecule has 12 nitrogen and oxygen atoms in total. The summed E-state index contributed by atoms with van der Waals surface area (Å²) >= 11 is 1.03. The highest BCUT2D eigenvalue weighted by atomic mass is 32.1. The molecule has 4 amide bonds. The van der Waals surface area contributed by atoms with Crippen molar-refractivity contribution >= 4 is 40.2 Å². The van der Waals surface area contributed by atoms with Crippen molar-refractivity contribution in [1.29, 1.82) is 0 Å². The Hall–Kier alpha value is -5.57. The van der Waals surface area contributed by atoms with E-state index in [0.29, 0.717) is 86.0 Å². The third-order valence-corrected chi connectivity index (χ3v) is 13.8. The number of nitrogens with one attached hydrogen (secondary N) is 1. The van der Waals surface area contributed by atoms with E-state index in [-0.39, 0.29) is 43.6 Å². The Bertz CT molecular complexity index is 2390. The lowest BCUT2D eigenvalue weighted by atomic mass is 9.72. The summed E-state index contributed by atoms with van der Waals surface area (Å²) in [6.45, 7) is 1.54. The number of ether oxygens (including phenoxy) is 2. The maximum atomic E-state index is 14.1. The molecule has 2 atom stereocenters. The number of halogens is 7. The van der Waals surface area contributed by atoms with Crippen LogP contribution in [0.15, 0.2) is 78.9 Å². The highest BCUT2D eigenvalue weighted by Gasteiger charge is 2.50. The molecule has 2 N–H and O–H groups in total. The van der Waals surface area contributed by atoms with Gasteiger partial charge in [-0.05, 0) is 104 Å². The maximum Gasteiger partial charge on any atom is 0.416 e. The molecule has 0 bridgehead atoms. The van der Waals surface area contributed by atoms with Crippen molar-refractivity contribution in [2.24, 2.45) is 0 Å². The van der Waals surface area contributed by atoms with Crippen molar-refractivity contribution in [2.45, 2.75) is 61.6 Å². The van der Waals surface area contributed by atoms with Crippen LogP contribution in [0.25, 0.3) is 0 Å². The number of fused-ring (bicyclic) bond motifs is 2. The molecule has 2 aliphatic heterocycles. The van der Waals surface area contributed by atoms with Crippen LogP contribution >= 0.6 is 11.3 Å². The van der Waals surface area contributed by atoms with E-state index in [4.69, 9.17) is 14.6 Å². The first kappa shape index (κ1) is 48.4. The first-order valence-corrected chi connectivity index (χ1v) is 22.0. The fourth-order valence-corrected chi connectivity index (χ4v) is 10.1. The van der Waals surface area contributed by atoms with E-state index in [9.17, 15) is 49.9 Å². The Morgan fingerprint density at radius 2 is 1.55 bits per heavy atom. The van der Waals surface area contributed by atoms with Crippen molar-refractivity contribution in [2.75, 3.05) is 72.0 Å². The van der Waals surface area contributed by atoms with E-state index >= 15 is 0 Å². The van der Waals surface area contributed by atoms with E-state index in [2.05, 4.69) is 22.3 Å². The molecule has 2 fully saturated rings. The van der Waals surface area contributed by atoms with Gasteiger partial charge in [0, 0.05) is 44.7 Å². The summed E-state index contributed by atoms with van der Waals surface area (Å²) in [6.07, 6.45) is -9.12. The van der Waals surface area contributed by atoms with Gasteiger partial charge in [-0.2, -0.15) is 26.3 Å². The van der Waals surface area contributed by atoms with E-state index in [0.717, 1.165) is 27.4 Å². The number of carbonyl (C=O) groups excluding carboxylic acids is 3. The standard InChI is InChI=1S/C46H48F7N5O7S/c1-55(17-5-18-56(2)41(61)36-12-13-38(66-36)54-42(62)63)39(59)26-64-37-24-29-6-3-4-7-35(29)43(37)14-19-57(20-15-43)21-16-44(31-8-10-34(47)11-9-31)27-58(28-65-44)40(60)30-22-32(45(48,49)50)25-33(23-30)46(51,52)53/h3-4,6-13,22-23,25,37,54H,5,14-21,24,26-28H2,1-2H3,(H,62,63)/t37-,44+/m0/s1. The molecule has 2 saturated heterocycles. The highest BCUT2D eigenvalue weighted by molar-refractivity contribution is 7.18. The number of thiophene rings is 1. The molecule has 7 rings (SSSR count). The Morgan fingerprint density at radius 3 is 2.20 bits per heavy atom. The maximum absolute atomic E-state index is 14.1. The summed E-state index contributed by atoms with van der Waals surface area (Å²) in [7, 11) is 3.31. The van der Waals surface area contributed by atoms with Gasteiger partial charge >= 0.3 is 18.4 Å². The molecular weight excluding hydrogens is 900 g/mol. The van der Waals surface area contributed by atoms with Crippen LogP contribution in [0, 0.1) is 5.82 Å². The Balaban J connectivity index is 0.970. The number of rotatable bonds is 14. The van der Waals surface area contributed by atoms with Crippen LogP contribution in [0.4, 0.5) is 40.5 Å². The van der Waals surface area contributed by atoms with E-state index in [1.165, 1.54) is 35.2 Å². The number of carbonyl (C=O) groups is 4. The Kier molecular flexibility index (Phi) is 14.2. The number of piperidine rings is 1. The fourth-order valence-electron chi connectivity index (χ4n) is 9.16. The second-order valence-electron chi connectivity index (χ2n) is 17.0. The summed E-state index contributed by atoms with van der Waals surface area (Å²) in [4.78, 5) is 57.5. The minimum absolute atomic E-state index is 0.0362. The topological polar surface area (TPSA) is 132 Å². The summed E-state index contributed by atoms with van der Waals surface area (Å²) in [5.41, 5.74) is -2.90. The molecule has 1 aliphatic carbocycles. The Labute approximate surface area is 379 Å². The second kappa shape index (κ2) is 19.3. The molecule has 20 heteroatoms. The SMILES string of the molecule is CN(CCCN(C)C(=O)c1ccc(NC(=O)O)s1)C(=O)CO[C@H]1Cc2ccccc2C12CCN(CC[C@]1(c3ccc(F)cc3)CN(C(=O)c3cc(C(F)(F)F)cc(C(F)(F)F)c3)CO1)CC2. The van der Waals surface area contributed by atoms with Gasteiger partial charge in [-0.1, -0.05) is 36.4 Å². The van der Waals surface area contributed by atoms with Crippen molar-refractivity contribution < 1.29 is 64.5 Å². The molecule has 1 aromatic heterocycles. The summed E-state index contributed by atoms with van der Waals surface area (Å²) in [5.74, 6) is -2.10. The number of anilines is 1. The van der Waals surface area contributed by atoms with Crippen molar-refractivity contribution in [3.05, 3.63) is 123 Å². The quantitative estimate of drug-likeness (QED) is 0.121. The van der Waals surface area contributed by atoms with Crippen LogP contribution < -0.4 is 5.32 Å². The number of benzene rings is 3. The Morgan fingerprint density at radius 1 is 0.894 bits per heavy atom. The van der Waals surface area contributed by atoms with Crippen LogP contribution in [-0.2, 0) is 44.1 Å². The molecular formula is C46H48F7N5O7S. The molecule has 1 spiro atoms. The monoisotopic (exact) mass is 947 g/mol. The first-order chi connectivity index (χ1) is 31.2. The van der Waals surface area contributed by atoms with Crippen LogP contribution in [-0.4, -0.2) is 121 Å². The first-order valence-electron chi connectivity index (χ1n) is 21.2. The third-order valence-electron chi connectivity index (χ3n) is 12.8. The summed E-state index contributed by atoms with van der Waals surface area (Å²) < 4.78 is 109. The molecule has 0 saturated carbocycles. The van der Waals surface area contributed by atoms with Gasteiger partial charge in [0.1, 0.15) is 24.8 Å². The van der Waals surface area contributed by atoms with Gasteiger partial charge in [0.05, 0.1) is 33.7 Å². The van der Waals surface area contributed by atoms with Crippen LogP contribution in [0.3, 0.4) is 0 Å². The molecule has 0 unspecified atom stereocenters. The molecule has 3 heterocycles. The molecule has 0 radical (unpaired) electrons. The zero-order valence-electron chi connectivity index (χ0n) is 36.0. The predicted octanol–water partition coefficient (Wildman–Crippen LogP) is 8.33. The highest BCUT2D eigenvalue weighted by Crippen LogP contribution is 2.48. The number of hydrogen-bond donors (Lipinski definition) is 2. The van der Waals surface area contributed by atoms with Crippen LogP contribution in [0.1, 0.15) is 73.5 Å².